The van der Waals surface area contributed by atoms with Crippen LogP contribution < -0.4 is 11.5 Å². The van der Waals surface area contributed by atoms with E-state index in [9.17, 15) is 4.79 Å². The first-order chi connectivity index (χ1) is 15.2. The van der Waals surface area contributed by atoms with E-state index in [4.69, 9.17) is 16.2 Å². The lowest BCUT2D eigenvalue weighted by Crippen LogP contribution is -2.53. The number of ether oxygens (including phenoxy) is 1. The second-order valence-electron chi connectivity index (χ2n) is 11.6. The molecule has 5 unspecified atom stereocenters. The lowest BCUT2D eigenvalue weighted by molar-refractivity contribution is -0.153. The van der Waals surface area contributed by atoms with Gasteiger partial charge in [-0.3, -0.25) is 4.79 Å². The highest BCUT2D eigenvalue weighted by atomic mass is 16.5. The quantitative estimate of drug-likeness (QED) is 0.599. The summed E-state index contributed by atoms with van der Waals surface area (Å²) in [6, 6.07) is 7.47. The van der Waals surface area contributed by atoms with Crippen molar-refractivity contribution in [2.75, 3.05) is 0 Å². The highest BCUT2D eigenvalue weighted by Gasteiger charge is 2.63. The highest BCUT2D eigenvalue weighted by Crippen LogP contribution is 2.64. The van der Waals surface area contributed by atoms with E-state index < -0.39 is 6.04 Å². The van der Waals surface area contributed by atoms with Crippen LogP contribution in [0.25, 0.3) is 10.9 Å². The van der Waals surface area contributed by atoms with Crippen LogP contribution in [-0.2, 0) is 16.0 Å². The molecule has 0 amide bonds. The van der Waals surface area contributed by atoms with E-state index in [-0.39, 0.29) is 23.0 Å². The van der Waals surface area contributed by atoms with Gasteiger partial charge in [-0.2, -0.15) is 0 Å². The van der Waals surface area contributed by atoms with E-state index in [0.717, 1.165) is 48.6 Å². The number of benzene rings is 1. The number of H-pyrrole nitrogens is 1. The van der Waals surface area contributed by atoms with Gasteiger partial charge >= 0.3 is 5.97 Å². The number of rotatable bonds is 5. The molecule has 3 aliphatic rings. The standard InChI is InChI=1S/C27H39N3O2/c1-16-21-13-27(29,26(16,2)3)14-22(21)17-7-6-8-19(11-17)32-25(31)23(28)12-18-15-30-24-10-5-4-9-20(18)24/h4-5,9-10,15-17,19,21-23,30H,6-8,11-14,28-29H2,1-3H3/t16?,17?,19?,21-,22?,23?,27+/m0/s1. The SMILES string of the molecule is CC1[C@@H]2C[C@@](N)(CC2C2CCCC(OC(=O)C(N)Cc3c[nH]c4ccccc34)C2)C1(C)C. The molecular weight excluding hydrogens is 398 g/mol. The number of carbonyl (C=O) groups excluding carboxylic acids is 1. The summed E-state index contributed by atoms with van der Waals surface area (Å²) in [4.78, 5) is 16.1. The first-order valence-electron chi connectivity index (χ1n) is 12.5. The summed E-state index contributed by atoms with van der Waals surface area (Å²) >= 11 is 0. The maximum absolute atomic E-state index is 12.8. The number of aromatic nitrogens is 1. The van der Waals surface area contributed by atoms with E-state index in [1.807, 2.05) is 24.4 Å². The highest BCUT2D eigenvalue weighted by molar-refractivity contribution is 5.84. The number of carbonyl (C=O) groups is 1. The molecule has 5 N–H and O–H groups in total. The van der Waals surface area contributed by atoms with Gasteiger partial charge < -0.3 is 21.2 Å². The topological polar surface area (TPSA) is 94.1 Å². The molecule has 5 rings (SSSR count). The van der Waals surface area contributed by atoms with E-state index in [1.54, 1.807) is 0 Å². The Balaban J connectivity index is 1.20. The Hall–Kier alpha value is -1.85. The number of nitrogens with one attached hydrogen (secondary N) is 1. The predicted molar refractivity (Wildman–Crippen MR) is 128 cm³/mol. The minimum absolute atomic E-state index is 0.00793. The first kappa shape index (κ1) is 22.0. The molecule has 0 aliphatic heterocycles. The maximum Gasteiger partial charge on any atom is 0.323 e. The van der Waals surface area contributed by atoms with E-state index >= 15 is 0 Å². The van der Waals surface area contributed by atoms with Crippen LogP contribution in [0.5, 0.6) is 0 Å². The largest absolute Gasteiger partial charge is 0.461 e. The monoisotopic (exact) mass is 437 g/mol. The van der Waals surface area contributed by atoms with E-state index in [2.05, 4.69) is 31.8 Å². The number of esters is 1. The molecule has 2 aromatic rings. The fourth-order valence-electron chi connectivity index (χ4n) is 7.36. The van der Waals surface area contributed by atoms with Gasteiger partial charge in [-0.05, 0) is 79.2 Å². The third-order valence-corrected chi connectivity index (χ3v) is 9.79. The van der Waals surface area contributed by atoms with Crippen LogP contribution in [0.1, 0.15) is 64.9 Å². The molecule has 0 saturated heterocycles. The fourth-order valence-corrected chi connectivity index (χ4v) is 7.36. The number of para-hydroxylation sites is 1. The molecule has 3 aliphatic carbocycles. The summed E-state index contributed by atoms with van der Waals surface area (Å²) in [5.41, 5.74) is 15.5. The Morgan fingerprint density at radius 1 is 1.22 bits per heavy atom. The normalized spacial score (nSPS) is 37.0. The van der Waals surface area contributed by atoms with Crippen molar-refractivity contribution in [1.82, 2.24) is 4.98 Å². The molecule has 5 nitrogen and oxygen atoms in total. The van der Waals surface area contributed by atoms with Crippen LogP contribution in [0.4, 0.5) is 0 Å². The van der Waals surface area contributed by atoms with Crippen LogP contribution in [0.2, 0.25) is 0 Å². The van der Waals surface area contributed by atoms with Crippen molar-refractivity contribution in [3.63, 3.8) is 0 Å². The van der Waals surface area contributed by atoms with Gasteiger partial charge in [0.15, 0.2) is 0 Å². The number of aromatic amines is 1. The van der Waals surface area contributed by atoms with Gasteiger partial charge in [0.2, 0.25) is 0 Å². The van der Waals surface area contributed by atoms with Crippen LogP contribution in [0.15, 0.2) is 30.5 Å². The van der Waals surface area contributed by atoms with Crippen molar-refractivity contribution in [2.24, 2.45) is 40.6 Å². The molecule has 1 heterocycles. The van der Waals surface area contributed by atoms with Crippen LogP contribution in [-0.4, -0.2) is 28.6 Å². The molecule has 32 heavy (non-hydrogen) atoms. The van der Waals surface area contributed by atoms with E-state index in [0.29, 0.717) is 30.1 Å². The second kappa shape index (κ2) is 7.88. The minimum atomic E-state index is -0.634. The Morgan fingerprint density at radius 3 is 2.72 bits per heavy atom. The van der Waals surface area contributed by atoms with Crippen molar-refractivity contribution in [1.29, 1.82) is 0 Å². The lowest BCUT2D eigenvalue weighted by atomic mass is 9.59. The zero-order chi connectivity index (χ0) is 22.7. The summed E-state index contributed by atoms with van der Waals surface area (Å²) in [6.45, 7) is 7.11. The molecule has 174 valence electrons. The Kier molecular flexibility index (Phi) is 5.41. The summed E-state index contributed by atoms with van der Waals surface area (Å²) in [6.07, 6.45) is 9.00. The molecule has 3 fully saturated rings. The van der Waals surface area contributed by atoms with Crippen molar-refractivity contribution in [3.05, 3.63) is 36.0 Å². The Labute approximate surface area is 191 Å². The Morgan fingerprint density at radius 2 is 1.97 bits per heavy atom. The second-order valence-corrected chi connectivity index (χ2v) is 11.6. The number of nitrogens with two attached hydrogens (primary N) is 2. The van der Waals surface area contributed by atoms with Gasteiger partial charge in [0.05, 0.1) is 0 Å². The first-order valence-corrected chi connectivity index (χ1v) is 12.5. The van der Waals surface area contributed by atoms with Gasteiger partial charge in [-0.15, -0.1) is 0 Å². The molecule has 7 atom stereocenters. The summed E-state index contributed by atoms with van der Waals surface area (Å²) in [5, 5.41) is 1.12. The maximum atomic E-state index is 12.8. The van der Waals surface area contributed by atoms with Crippen molar-refractivity contribution in [2.45, 2.75) is 83.4 Å². The Bertz CT molecular complexity index is 998. The van der Waals surface area contributed by atoms with Gasteiger partial charge in [-0.1, -0.05) is 39.0 Å². The average Bonchev–Trinajstić information content (AvgIpc) is 3.39. The zero-order valence-corrected chi connectivity index (χ0v) is 19.8. The van der Waals surface area contributed by atoms with Crippen LogP contribution >= 0.6 is 0 Å². The third kappa shape index (κ3) is 3.49. The summed E-state index contributed by atoms with van der Waals surface area (Å²) < 4.78 is 5.97. The lowest BCUT2D eigenvalue weighted by Gasteiger charge is -2.48. The molecule has 0 radical (unpaired) electrons. The molecular formula is C27H39N3O2. The summed E-state index contributed by atoms with van der Waals surface area (Å²) in [5.74, 6) is 2.38. The van der Waals surface area contributed by atoms with Gasteiger partial charge in [0, 0.05) is 29.1 Å². The van der Waals surface area contributed by atoms with Crippen LogP contribution in [0.3, 0.4) is 0 Å². The van der Waals surface area contributed by atoms with Gasteiger partial charge in [-0.25, -0.2) is 0 Å². The molecule has 1 aromatic carbocycles. The van der Waals surface area contributed by atoms with Gasteiger partial charge in [0.1, 0.15) is 12.1 Å². The molecule has 0 spiro atoms. The molecule has 5 heteroatoms. The minimum Gasteiger partial charge on any atom is -0.461 e. The number of hydrogen-bond donors (Lipinski definition) is 3. The van der Waals surface area contributed by atoms with Crippen molar-refractivity contribution >= 4 is 16.9 Å². The third-order valence-electron chi connectivity index (χ3n) is 9.79. The zero-order valence-electron chi connectivity index (χ0n) is 19.8. The molecule has 3 saturated carbocycles. The number of hydrogen-bond acceptors (Lipinski definition) is 4. The van der Waals surface area contributed by atoms with Crippen molar-refractivity contribution < 1.29 is 9.53 Å². The van der Waals surface area contributed by atoms with Gasteiger partial charge in [0.25, 0.3) is 0 Å². The molecule has 1 aromatic heterocycles. The average molecular weight is 438 g/mol. The predicted octanol–water partition coefficient (Wildman–Crippen LogP) is 4.54. The molecule has 2 bridgehead atoms. The van der Waals surface area contributed by atoms with E-state index in [1.165, 1.54) is 6.42 Å². The number of fused-ring (bicyclic) bond motifs is 3. The van der Waals surface area contributed by atoms with Crippen molar-refractivity contribution in [3.8, 4) is 0 Å². The van der Waals surface area contributed by atoms with Crippen LogP contribution in [0, 0.1) is 29.1 Å². The summed E-state index contributed by atoms with van der Waals surface area (Å²) in [7, 11) is 0. The smallest absolute Gasteiger partial charge is 0.323 e. The fraction of sp³-hybridized carbons (Fsp3) is 0.667.